The van der Waals surface area contributed by atoms with Gasteiger partial charge in [-0.15, -0.1) is 0 Å². The van der Waals surface area contributed by atoms with E-state index in [1.165, 1.54) is 6.08 Å². The van der Waals surface area contributed by atoms with Crippen LogP contribution in [0.25, 0.3) is 6.08 Å². The summed E-state index contributed by atoms with van der Waals surface area (Å²) < 4.78 is 6.14. The maximum absolute atomic E-state index is 11.4. The van der Waals surface area contributed by atoms with E-state index in [-0.39, 0.29) is 5.91 Å². The van der Waals surface area contributed by atoms with Crippen LogP contribution in [0.5, 0.6) is 5.75 Å². The predicted octanol–water partition coefficient (Wildman–Crippen LogP) is 2.06. The highest BCUT2D eigenvalue weighted by Gasteiger charge is 2.01. The Morgan fingerprint density at radius 3 is 2.76 bits per heavy atom. The molecule has 0 aliphatic carbocycles. The van der Waals surface area contributed by atoms with Gasteiger partial charge in [0.15, 0.2) is 0 Å². The molecule has 1 aromatic rings. The average molecular weight is 299 g/mol. The Kier molecular flexibility index (Phi) is 5.18. The third-order valence-electron chi connectivity index (χ3n) is 1.94. The lowest BCUT2D eigenvalue weighted by molar-refractivity contribution is -0.119. The highest BCUT2D eigenvalue weighted by atomic mass is 79.9. The zero-order valence-corrected chi connectivity index (χ0v) is 11.6. The van der Waals surface area contributed by atoms with E-state index >= 15 is 0 Å². The summed E-state index contributed by atoms with van der Waals surface area (Å²) >= 11 is 3.37. The van der Waals surface area contributed by atoms with E-state index in [2.05, 4.69) is 21.4 Å². The number of hydrogen-bond acceptors (Lipinski definition) is 3. The summed E-state index contributed by atoms with van der Waals surface area (Å²) in [4.78, 5) is 11.4. The van der Waals surface area contributed by atoms with Crippen molar-refractivity contribution in [2.75, 3.05) is 21.2 Å². The quantitative estimate of drug-likeness (QED) is 0.683. The average Bonchev–Trinajstić information content (AvgIpc) is 2.25. The van der Waals surface area contributed by atoms with Crippen LogP contribution in [0.2, 0.25) is 0 Å². The lowest BCUT2D eigenvalue weighted by Crippen LogP contribution is -2.34. The van der Waals surface area contributed by atoms with Gasteiger partial charge < -0.3 is 4.74 Å². The molecule has 1 amide bonds. The fraction of sp³-hybridized carbons (Fsp3) is 0.250. The van der Waals surface area contributed by atoms with E-state index in [0.29, 0.717) is 0 Å². The molecule has 0 radical (unpaired) electrons. The first-order valence-electron chi connectivity index (χ1n) is 5.02. The van der Waals surface area contributed by atoms with E-state index in [0.717, 1.165) is 15.8 Å². The molecule has 4 nitrogen and oxygen atoms in total. The predicted molar refractivity (Wildman–Crippen MR) is 71.6 cm³/mol. The molecular weight excluding hydrogens is 284 g/mol. The van der Waals surface area contributed by atoms with Gasteiger partial charge in [0.2, 0.25) is 0 Å². The minimum Gasteiger partial charge on any atom is -0.496 e. The summed E-state index contributed by atoms with van der Waals surface area (Å²) in [7, 11) is 5.11. The number of benzene rings is 1. The lowest BCUT2D eigenvalue weighted by Gasteiger charge is -2.09. The number of amides is 1. The number of hydrogen-bond donors (Lipinski definition) is 1. The Morgan fingerprint density at radius 2 is 2.18 bits per heavy atom. The van der Waals surface area contributed by atoms with Gasteiger partial charge in [-0.3, -0.25) is 10.2 Å². The molecule has 0 bridgehead atoms. The van der Waals surface area contributed by atoms with Crippen molar-refractivity contribution >= 4 is 27.9 Å². The van der Waals surface area contributed by atoms with Crippen LogP contribution in [0, 0.1) is 0 Å². The number of rotatable bonds is 4. The molecule has 92 valence electrons. The van der Waals surface area contributed by atoms with Crippen molar-refractivity contribution in [3.05, 3.63) is 34.3 Å². The molecular formula is C12H15BrN2O2. The topological polar surface area (TPSA) is 41.6 Å². The molecule has 1 rings (SSSR count). The molecule has 1 N–H and O–H groups in total. The van der Waals surface area contributed by atoms with Crippen molar-refractivity contribution in [3.63, 3.8) is 0 Å². The van der Waals surface area contributed by atoms with Gasteiger partial charge in [-0.1, -0.05) is 15.9 Å². The Balaban J connectivity index is 2.83. The second kappa shape index (κ2) is 6.42. The molecule has 0 fully saturated rings. The first-order valence-corrected chi connectivity index (χ1v) is 5.82. The van der Waals surface area contributed by atoms with Crippen LogP contribution in [-0.2, 0) is 4.79 Å². The molecule has 0 aliphatic heterocycles. The monoisotopic (exact) mass is 298 g/mol. The molecule has 1 aromatic carbocycles. The molecule has 0 aliphatic rings. The second-order valence-electron chi connectivity index (χ2n) is 3.59. The first-order chi connectivity index (χ1) is 8.02. The van der Waals surface area contributed by atoms with Crippen molar-refractivity contribution in [1.82, 2.24) is 10.4 Å². The summed E-state index contributed by atoms with van der Waals surface area (Å²) in [5.74, 6) is 0.541. The van der Waals surface area contributed by atoms with Crippen molar-refractivity contribution in [2.24, 2.45) is 0 Å². The molecule has 0 unspecified atom stereocenters. The van der Waals surface area contributed by atoms with Crippen molar-refractivity contribution in [1.29, 1.82) is 0 Å². The molecule has 0 saturated carbocycles. The molecule has 0 heterocycles. The van der Waals surface area contributed by atoms with Gasteiger partial charge in [-0.2, -0.15) is 0 Å². The van der Waals surface area contributed by atoms with E-state index in [1.807, 2.05) is 18.2 Å². The van der Waals surface area contributed by atoms with Gasteiger partial charge in [0, 0.05) is 30.2 Å². The highest BCUT2D eigenvalue weighted by molar-refractivity contribution is 9.10. The smallest absolute Gasteiger partial charge is 0.258 e. The van der Waals surface area contributed by atoms with Crippen LogP contribution < -0.4 is 10.2 Å². The third-order valence-corrected chi connectivity index (χ3v) is 2.43. The molecule has 0 atom stereocenters. The number of carbonyl (C=O) groups is 1. The van der Waals surface area contributed by atoms with Gasteiger partial charge in [-0.25, -0.2) is 5.01 Å². The summed E-state index contributed by atoms with van der Waals surface area (Å²) in [6.07, 6.45) is 3.17. The summed E-state index contributed by atoms with van der Waals surface area (Å²) in [6.45, 7) is 0. The Morgan fingerprint density at radius 1 is 1.47 bits per heavy atom. The molecule has 17 heavy (non-hydrogen) atoms. The lowest BCUT2D eigenvalue weighted by atomic mass is 10.2. The second-order valence-corrected chi connectivity index (χ2v) is 4.51. The summed E-state index contributed by atoms with van der Waals surface area (Å²) in [5.41, 5.74) is 3.46. The number of halogens is 1. The first kappa shape index (κ1) is 13.7. The molecule has 0 saturated heterocycles. The number of methoxy groups -OCH3 is 1. The van der Waals surface area contributed by atoms with Crippen LogP contribution in [0.1, 0.15) is 5.56 Å². The van der Waals surface area contributed by atoms with E-state index in [9.17, 15) is 4.79 Å². The largest absolute Gasteiger partial charge is 0.496 e. The van der Waals surface area contributed by atoms with Crippen LogP contribution in [-0.4, -0.2) is 32.1 Å². The Bertz CT molecular complexity index is 431. The fourth-order valence-electron chi connectivity index (χ4n) is 1.26. The maximum Gasteiger partial charge on any atom is 0.258 e. The number of carbonyl (C=O) groups excluding carboxylic acids is 1. The number of nitrogens with one attached hydrogen (secondary N) is 1. The standard InChI is InChI=1S/C12H15BrN2O2/c1-15(2)14-12(16)7-4-9-8-10(13)5-6-11(9)17-3/h4-8H,1-3H3,(H,14,16)/b7-4+. The van der Waals surface area contributed by atoms with E-state index in [4.69, 9.17) is 4.74 Å². The van der Waals surface area contributed by atoms with Crippen molar-refractivity contribution in [3.8, 4) is 5.75 Å². The minimum absolute atomic E-state index is 0.183. The highest BCUT2D eigenvalue weighted by Crippen LogP contribution is 2.23. The van der Waals surface area contributed by atoms with Gasteiger partial charge in [0.25, 0.3) is 5.91 Å². The number of hydrazine groups is 1. The van der Waals surface area contributed by atoms with Crippen molar-refractivity contribution < 1.29 is 9.53 Å². The van der Waals surface area contributed by atoms with Crippen LogP contribution in [0.3, 0.4) is 0 Å². The van der Waals surface area contributed by atoms with Gasteiger partial charge in [-0.05, 0) is 24.3 Å². The summed E-state index contributed by atoms with van der Waals surface area (Å²) in [5, 5.41) is 1.59. The Labute approximate surface area is 109 Å². The zero-order chi connectivity index (χ0) is 12.8. The van der Waals surface area contributed by atoms with Gasteiger partial charge in [0.1, 0.15) is 5.75 Å². The number of nitrogens with zero attached hydrogens (tertiary/aromatic N) is 1. The minimum atomic E-state index is -0.183. The SMILES string of the molecule is COc1ccc(Br)cc1/C=C/C(=O)NN(C)C. The normalized spacial score (nSPS) is 10.9. The molecule has 5 heteroatoms. The van der Waals surface area contributed by atoms with Crippen LogP contribution >= 0.6 is 15.9 Å². The van der Waals surface area contributed by atoms with Crippen molar-refractivity contribution in [2.45, 2.75) is 0 Å². The molecule has 0 spiro atoms. The Hall–Kier alpha value is -1.33. The van der Waals surface area contributed by atoms with Crippen LogP contribution in [0.15, 0.2) is 28.7 Å². The van der Waals surface area contributed by atoms with E-state index in [1.54, 1.807) is 32.3 Å². The maximum atomic E-state index is 11.4. The number of ether oxygens (including phenoxy) is 1. The van der Waals surface area contributed by atoms with Gasteiger partial charge in [0.05, 0.1) is 7.11 Å². The zero-order valence-electron chi connectivity index (χ0n) is 10.0. The molecule has 0 aromatic heterocycles. The van der Waals surface area contributed by atoms with Crippen LogP contribution in [0.4, 0.5) is 0 Å². The fourth-order valence-corrected chi connectivity index (χ4v) is 1.64. The summed E-state index contributed by atoms with van der Waals surface area (Å²) in [6, 6.07) is 5.61. The van der Waals surface area contributed by atoms with Gasteiger partial charge >= 0.3 is 0 Å². The van der Waals surface area contributed by atoms with E-state index < -0.39 is 0 Å². The third kappa shape index (κ3) is 4.58.